The monoisotopic (exact) mass is 213 g/mol. The summed E-state index contributed by atoms with van der Waals surface area (Å²) in [4.78, 5) is 13.2. The van der Waals surface area contributed by atoms with Crippen LogP contribution in [0.25, 0.3) is 0 Å². The molecule has 0 spiro atoms. The van der Waals surface area contributed by atoms with Crippen molar-refractivity contribution in [2.75, 3.05) is 13.1 Å². The lowest BCUT2D eigenvalue weighted by Crippen LogP contribution is -2.62. The van der Waals surface area contributed by atoms with Gasteiger partial charge in [0.05, 0.1) is 0 Å². The van der Waals surface area contributed by atoms with E-state index in [-0.39, 0.29) is 12.0 Å². The zero-order chi connectivity index (χ0) is 11.6. The molecule has 1 aliphatic rings. The van der Waals surface area contributed by atoms with Crippen molar-refractivity contribution in [3.63, 3.8) is 0 Å². The lowest BCUT2D eigenvalue weighted by molar-refractivity contribution is -0.152. The highest BCUT2D eigenvalue weighted by molar-refractivity contribution is 5.74. The first-order valence-electron chi connectivity index (χ1n) is 5.92. The van der Waals surface area contributed by atoms with Crippen molar-refractivity contribution < 1.29 is 9.90 Å². The van der Waals surface area contributed by atoms with Gasteiger partial charge in [0.1, 0.15) is 6.04 Å². The lowest BCUT2D eigenvalue weighted by Gasteiger charge is -2.52. The summed E-state index contributed by atoms with van der Waals surface area (Å²) < 4.78 is 0. The first-order chi connectivity index (χ1) is 6.95. The van der Waals surface area contributed by atoms with Gasteiger partial charge in [-0.15, -0.1) is 0 Å². The summed E-state index contributed by atoms with van der Waals surface area (Å²) in [7, 11) is 0. The molecule has 0 bridgehead atoms. The summed E-state index contributed by atoms with van der Waals surface area (Å²) in [5.74, 6) is -0.486. The third-order valence-corrected chi connectivity index (χ3v) is 3.85. The minimum absolute atomic E-state index is 0.189. The van der Waals surface area contributed by atoms with E-state index in [2.05, 4.69) is 18.7 Å². The molecule has 0 amide bonds. The molecule has 0 aromatic heterocycles. The fourth-order valence-corrected chi connectivity index (χ4v) is 2.57. The zero-order valence-electron chi connectivity index (χ0n) is 10.3. The van der Waals surface area contributed by atoms with Gasteiger partial charge in [0.15, 0.2) is 0 Å². The van der Waals surface area contributed by atoms with E-state index in [0.717, 1.165) is 25.9 Å². The second kappa shape index (κ2) is 4.52. The average Bonchev–Trinajstić information content (AvgIpc) is 2.09. The van der Waals surface area contributed by atoms with Crippen LogP contribution in [0.15, 0.2) is 0 Å². The van der Waals surface area contributed by atoms with Gasteiger partial charge in [0.25, 0.3) is 0 Å². The Kier molecular flexibility index (Phi) is 3.77. The molecule has 1 atom stereocenters. The molecule has 0 saturated carbocycles. The maximum Gasteiger partial charge on any atom is 0.321 e. The van der Waals surface area contributed by atoms with Crippen molar-refractivity contribution in [2.45, 2.75) is 46.6 Å². The number of likely N-dealkylation sites (tertiary alicyclic amines) is 1. The topological polar surface area (TPSA) is 40.5 Å². The van der Waals surface area contributed by atoms with E-state index in [1.54, 1.807) is 0 Å². The molecule has 1 rings (SSSR count). The minimum Gasteiger partial charge on any atom is -0.480 e. The fourth-order valence-electron chi connectivity index (χ4n) is 2.57. The van der Waals surface area contributed by atoms with E-state index in [1.165, 1.54) is 0 Å². The standard InChI is InChI=1S/C12H23NO2/c1-5-12(6-2)7-13(8-12)10(9(3)4)11(14)15/h9-10H,5-8H2,1-4H3,(H,14,15). The van der Waals surface area contributed by atoms with E-state index in [1.807, 2.05) is 13.8 Å². The average molecular weight is 213 g/mol. The molecule has 3 heteroatoms. The zero-order valence-corrected chi connectivity index (χ0v) is 10.3. The van der Waals surface area contributed by atoms with Gasteiger partial charge >= 0.3 is 5.97 Å². The smallest absolute Gasteiger partial charge is 0.321 e. The summed E-state index contributed by atoms with van der Waals surface area (Å²) in [6, 6.07) is -0.295. The van der Waals surface area contributed by atoms with Crippen molar-refractivity contribution in [1.29, 1.82) is 0 Å². The summed E-state index contributed by atoms with van der Waals surface area (Å²) in [5.41, 5.74) is 0.391. The SMILES string of the molecule is CCC1(CC)CN(C(C(=O)O)C(C)C)C1. The largest absolute Gasteiger partial charge is 0.480 e. The minimum atomic E-state index is -0.675. The Balaban J connectivity index is 2.58. The molecule has 1 fully saturated rings. The lowest BCUT2D eigenvalue weighted by atomic mass is 9.73. The molecular formula is C12H23NO2. The summed E-state index contributed by atoms with van der Waals surface area (Å²) in [6.07, 6.45) is 2.31. The molecule has 1 heterocycles. The van der Waals surface area contributed by atoms with Crippen LogP contribution in [-0.4, -0.2) is 35.1 Å². The number of carbonyl (C=O) groups is 1. The highest BCUT2D eigenvalue weighted by Crippen LogP contribution is 2.39. The van der Waals surface area contributed by atoms with Crippen LogP contribution in [0.4, 0.5) is 0 Å². The highest BCUT2D eigenvalue weighted by atomic mass is 16.4. The molecule has 1 N–H and O–H groups in total. The normalized spacial score (nSPS) is 22.5. The maximum atomic E-state index is 11.1. The third kappa shape index (κ3) is 2.33. The first-order valence-corrected chi connectivity index (χ1v) is 5.92. The van der Waals surface area contributed by atoms with Crippen molar-refractivity contribution in [2.24, 2.45) is 11.3 Å². The number of nitrogens with zero attached hydrogens (tertiary/aromatic N) is 1. The Hall–Kier alpha value is -0.570. The number of hydrogen-bond acceptors (Lipinski definition) is 2. The fraction of sp³-hybridized carbons (Fsp3) is 0.917. The molecule has 15 heavy (non-hydrogen) atoms. The Labute approximate surface area is 92.5 Å². The summed E-state index contributed by atoms with van der Waals surface area (Å²) in [5, 5.41) is 9.15. The molecule has 0 aromatic carbocycles. The van der Waals surface area contributed by atoms with Crippen LogP contribution >= 0.6 is 0 Å². The molecule has 0 aromatic rings. The van der Waals surface area contributed by atoms with Crippen molar-refractivity contribution in [3.8, 4) is 0 Å². The van der Waals surface area contributed by atoms with Crippen LogP contribution in [0.3, 0.4) is 0 Å². The molecule has 3 nitrogen and oxygen atoms in total. The van der Waals surface area contributed by atoms with Crippen molar-refractivity contribution in [1.82, 2.24) is 4.90 Å². The van der Waals surface area contributed by atoms with Gasteiger partial charge in [0, 0.05) is 13.1 Å². The van der Waals surface area contributed by atoms with Crippen LogP contribution in [0.2, 0.25) is 0 Å². The molecule has 1 aliphatic heterocycles. The van der Waals surface area contributed by atoms with Gasteiger partial charge in [-0.3, -0.25) is 9.69 Å². The van der Waals surface area contributed by atoms with Gasteiger partial charge in [-0.25, -0.2) is 0 Å². The summed E-state index contributed by atoms with van der Waals surface area (Å²) in [6.45, 7) is 10.3. The predicted molar refractivity (Wildman–Crippen MR) is 60.8 cm³/mol. The van der Waals surface area contributed by atoms with Gasteiger partial charge in [0.2, 0.25) is 0 Å². The van der Waals surface area contributed by atoms with Crippen LogP contribution in [-0.2, 0) is 4.79 Å². The second-order valence-corrected chi connectivity index (χ2v) is 5.14. The maximum absolute atomic E-state index is 11.1. The van der Waals surface area contributed by atoms with Crippen LogP contribution in [0.1, 0.15) is 40.5 Å². The number of carboxylic acids is 1. The Morgan fingerprint density at radius 1 is 1.33 bits per heavy atom. The van der Waals surface area contributed by atoms with Gasteiger partial charge in [-0.1, -0.05) is 27.7 Å². The van der Waals surface area contributed by atoms with Crippen molar-refractivity contribution >= 4 is 5.97 Å². The number of rotatable bonds is 5. The van der Waals surface area contributed by atoms with E-state index < -0.39 is 5.97 Å². The van der Waals surface area contributed by atoms with E-state index in [9.17, 15) is 4.79 Å². The molecule has 0 aliphatic carbocycles. The molecule has 1 unspecified atom stereocenters. The number of carboxylic acid groups (broad SMARTS) is 1. The Morgan fingerprint density at radius 3 is 2.07 bits per heavy atom. The molecular weight excluding hydrogens is 190 g/mol. The van der Waals surface area contributed by atoms with Crippen molar-refractivity contribution in [3.05, 3.63) is 0 Å². The van der Waals surface area contributed by atoms with Crippen LogP contribution in [0, 0.1) is 11.3 Å². The third-order valence-electron chi connectivity index (χ3n) is 3.85. The quantitative estimate of drug-likeness (QED) is 0.761. The van der Waals surface area contributed by atoms with E-state index in [0.29, 0.717) is 5.41 Å². The van der Waals surface area contributed by atoms with E-state index >= 15 is 0 Å². The van der Waals surface area contributed by atoms with Crippen LogP contribution in [0.5, 0.6) is 0 Å². The van der Waals surface area contributed by atoms with Crippen LogP contribution < -0.4 is 0 Å². The first kappa shape index (κ1) is 12.5. The molecule has 0 radical (unpaired) electrons. The second-order valence-electron chi connectivity index (χ2n) is 5.14. The Bertz CT molecular complexity index is 226. The molecule has 88 valence electrons. The van der Waals surface area contributed by atoms with E-state index in [4.69, 9.17) is 5.11 Å². The number of aliphatic carboxylic acids is 1. The number of hydrogen-bond donors (Lipinski definition) is 1. The Morgan fingerprint density at radius 2 is 1.80 bits per heavy atom. The summed E-state index contributed by atoms with van der Waals surface area (Å²) >= 11 is 0. The van der Waals surface area contributed by atoms with Gasteiger partial charge in [-0.2, -0.15) is 0 Å². The van der Waals surface area contributed by atoms with Gasteiger partial charge < -0.3 is 5.11 Å². The van der Waals surface area contributed by atoms with Gasteiger partial charge in [-0.05, 0) is 24.2 Å². The highest BCUT2D eigenvalue weighted by Gasteiger charge is 2.45. The molecule has 1 saturated heterocycles. The predicted octanol–water partition coefficient (Wildman–Crippen LogP) is 2.22.